The fraction of sp³-hybridized carbons (Fsp3) is 0.440. The zero-order chi connectivity index (χ0) is 24.7. The number of aromatic nitrogens is 1. The van der Waals surface area contributed by atoms with Gasteiger partial charge in [-0.25, -0.2) is 9.18 Å². The van der Waals surface area contributed by atoms with Crippen molar-refractivity contribution < 1.29 is 23.5 Å². The summed E-state index contributed by atoms with van der Waals surface area (Å²) >= 11 is 0. The number of ether oxygens (including phenoxy) is 1. The number of nitrogens with zero attached hydrogens (tertiary/aromatic N) is 2. The van der Waals surface area contributed by atoms with Crippen LogP contribution in [0.25, 0.3) is 0 Å². The number of piperidine rings is 1. The van der Waals surface area contributed by atoms with E-state index in [-0.39, 0.29) is 6.54 Å². The highest BCUT2D eigenvalue weighted by Gasteiger charge is 2.36. The standard InChI is InChI=1S/C25H31FN4O4/c1-25(2,3)34-24(33)30-14-5-4-8-20(30)22(31)29-21(18-9-11-19(26)12-10-18)23(32)28-16-17-7-6-13-27-15-17/h6-7,9-13,15,20-21H,4-5,8,14,16H2,1-3H3,(H,28,32)(H,29,31)/t20-,21-/m0/s1. The predicted molar refractivity (Wildman–Crippen MR) is 124 cm³/mol. The van der Waals surface area contributed by atoms with Gasteiger partial charge in [-0.1, -0.05) is 18.2 Å². The molecule has 3 amide bonds. The van der Waals surface area contributed by atoms with Crippen LogP contribution >= 0.6 is 0 Å². The molecule has 2 heterocycles. The lowest BCUT2D eigenvalue weighted by atomic mass is 10.00. The Bertz CT molecular complexity index is 992. The quantitative estimate of drug-likeness (QED) is 0.673. The molecule has 1 aliphatic rings. The van der Waals surface area contributed by atoms with Crippen LogP contribution in [0.3, 0.4) is 0 Å². The van der Waals surface area contributed by atoms with Crippen LogP contribution in [0.1, 0.15) is 57.2 Å². The third kappa shape index (κ3) is 7.00. The lowest BCUT2D eigenvalue weighted by Gasteiger charge is -2.36. The van der Waals surface area contributed by atoms with Gasteiger partial charge in [-0.3, -0.25) is 19.5 Å². The Balaban J connectivity index is 1.77. The Kier molecular flexibility index (Phi) is 8.20. The molecule has 8 nitrogen and oxygen atoms in total. The molecule has 1 fully saturated rings. The molecular weight excluding hydrogens is 439 g/mol. The minimum Gasteiger partial charge on any atom is -0.444 e. The highest BCUT2D eigenvalue weighted by atomic mass is 19.1. The van der Waals surface area contributed by atoms with E-state index in [1.54, 1.807) is 39.2 Å². The first kappa shape index (κ1) is 25.1. The Labute approximate surface area is 198 Å². The van der Waals surface area contributed by atoms with E-state index >= 15 is 0 Å². The van der Waals surface area contributed by atoms with Gasteiger partial charge in [0.05, 0.1) is 0 Å². The summed E-state index contributed by atoms with van der Waals surface area (Å²) in [6.07, 6.45) is 4.69. The van der Waals surface area contributed by atoms with Crippen molar-refractivity contribution in [1.82, 2.24) is 20.5 Å². The topological polar surface area (TPSA) is 101 Å². The maximum Gasteiger partial charge on any atom is 0.410 e. The van der Waals surface area contributed by atoms with Crippen LogP contribution in [0.2, 0.25) is 0 Å². The van der Waals surface area contributed by atoms with Crippen LogP contribution in [0.15, 0.2) is 48.8 Å². The Morgan fingerprint density at radius 1 is 1.18 bits per heavy atom. The highest BCUT2D eigenvalue weighted by Crippen LogP contribution is 2.22. The van der Waals surface area contributed by atoms with Gasteiger partial charge in [0.2, 0.25) is 11.8 Å². The number of amides is 3. The van der Waals surface area contributed by atoms with Crippen molar-refractivity contribution in [3.63, 3.8) is 0 Å². The number of hydrogen-bond acceptors (Lipinski definition) is 5. The zero-order valence-electron chi connectivity index (χ0n) is 19.7. The first-order valence-electron chi connectivity index (χ1n) is 11.4. The summed E-state index contributed by atoms with van der Waals surface area (Å²) in [6.45, 7) is 5.90. The smallest absolute Gasteiger partial charge is 0.410 e. The minimum atomic E-state index is -1.06. The lowest BCUT2D eigenvalue weighted by Crippen LogP contribution is -2.54. The van der Waals surface area contributed by atoms with E-state index in [0.717, 1.165) is 18.4 Å². The molecule has 0 unspecified atom stereocenters. The van der Waals surface area contributed by atoms with Crippen LogP contribution in [0.5, 0.6) is 0 Å². The van der Waals surface area contributed by atoms with Gasteiger partial charge in [0, 0.05) is 25.5 Å². The number of carbonyl (C=O) groups excluding carboxylic acids is 3. The average Bonchev–Trinajstić information content (AvgIpc) is 2.81. The fourth-order valence-corrected chi connectivity index (χ4v) is 3.73. The molecule has 34 heavy (non-hydrogen) atoms. The van der Waals surface area contributed by atoms with Gasteiger partial charge in [0.1, 0.15) is 23.5 Å². The van der Waals surface area contributed by atoms with E-state index < -0.39 is 41.4 Å². The number of carbonyl (C=O) groups is 3. The van der Waals surface area contributed by atoms with Gasteiger partial charge in [-0.05, 0) is 69.4 Å². The molecule has 0 aliphatic carbocycles. The second-order valence-corrected chi connectivity index (χ2v) is 9.26. The van der Waals surface area contributed by atoms with E-state index in [1.807, 2.05) is 6.07 Å². The van der Waals surface area contributed by atoms with Crippen molar-refractivity contribution >= 4 is 17.9 Å². The Morgan fingerprint density at radius 2 is 1.91 bits per heavy atom. The average molecular weight is 471 g/mol. The van der Waals surface area contributed by atoms with Crippen molar-refractivity contribution in [2.75, 3.05) is 6.54 Å². The molecule has 0 radical (unpaired) electrons. The lowest BCUT2D eigenvalue weighted by molar-refractivity contribution is -0.133. The maximum atomic E-state index is 13.5. The summed E-state index contributed by atoms with van der Waals surface area (Å²) in [6, 6.07) is 7.12. The molecular formula is C25H31FN4O4. The summed E-state index contributed by atoms with van der Waals surface area (Å²) in [4.78, 5) is 44.5. The van der Waals surface area contributed by atoms with Crippen molar-refractivity contribution in [1.29, 1.82) is 0 Å². The number of pyridine rings is 1. The molecule has 0 spiro atoms. The van der Waals surface area contributed by atoms with E-state index in [9.17, 15) is 18.8 Å². The molecule has 2 atom stereocenters. The molecule has 0 saturated carbocycles. The largest absolute Gasteiger partial charge is 0.444 e. The zero-order valence-corrected chi connectivity index (χ0v) is 19.7. The highest BCUT2D eigenvalue weighted by molar-refractivity contribution is 5.92. The number of rotatable bonds is 6. The summed E-state index contributed by atoms with van der Waals surface area (Å²) in [5.41, 5.74) is 0.528. The van der Waals surface area contributed by atoms with Crippen molar-refractivity contribution in [2.45, 2.75) is 64.3 Å². The number of nitrogens with one attached hydrogen (secondary N) is 2. The number of hydrogen-bond donors (Lipinski definition) is 2. The van der Waals surface area contributed by atoms with Gasteiger partial charge in [0.15, 0.2) is 0 Å². The summed E-state index contributed by atoms with van der Waals surface area (Å²) in [5, 5.41) is 5.56. The molecule has 182 valence electrons. The fourth-order valence-electron chi connectivity index (χ4n) is 3.73. The van der Waals surface area contributed by atoms with Crippen molar-refractivity contribution in [2.24, 2.45) is 0 Å². The van der Waals surface area contributed by atoms with Gasteiger partial charge in [0.25, 0.3) is 0 Å². The van der Waals surface area contributed by atoms with Gasteiger partial charge in [-0.2, -0.15) is 0 Å². The summed E-state index contributed by atoms with van der Waals surface area (Å²) < 4.78 is 19.0. The number of halogens is 1. The van der Waals surface area contributed by atoms with Crippen molar-refractivity contribution in [3.8, 4) is 0 Å². The van der Waals surface area contributed by atoms with Gasteiger partial charge < -0.3 is 15.4 Å². The molecule has 1 aromatic heterocycles. The normalized spacial score (nSPS) is 16.9. The van der Waals surface area contributed by atoms with E-state index in [1.165, 1.54) is 29.2 Å². The van der Waals surface area contributed by atoms with Crippen LogP contribution in [-0.2, 0) is 20.9 Å². The first-order valence-corrected chi connectivity index (χ1v) is 11.4. The molecule has 2 aromatic rings. The molecule has 1 aliphatic heterocycles. The van der Waals surface area contributed by atoms with E-state index in [4.69, 9.17) is 4.74 Å². The van der Waals surface area contributed by atoms with Crippen LogP contribution in [0, 0.1) is 5.82 Å². The summed E-state index contributed by atoms with van der Waals surface area (Å²) in [5.74, 6) is -1.37. The predicted octanol–water partition coefficient (Wildman–Crippen LogP) is 3.48. The van der Waals surface area contributed by atoms with Crippen molar-refractivity contribution in [3.05, 3.63) is 65.7 Å². The first-order chi connectivity index (χ1) is 16.1. The number of benzene rings is 1. The van der Waals surface area contributed by atoms with Crippen LogP contribution in [-0.4, -0.2) is 46.0 Å². The Morgan fingerprint density at radius 3 is 2.56 bits per heavy atom. The van der Waals surface area contributed by atoms with Gasteiger partial charge in [-0.15, -0.1) is 0 Å². The molecule has 1 aromatic carbocycles. The van der Waals surface area contributed by atoms with E-state index in [2.05, 4.69) is 15.6 Å². The minimum absolute atomic E-state index is 0.216. The third-order valence-corrected chi connectivity index (χ3v) is 5.38. The van der Waals surface area contributed by atoms with Gasteiger partial charge >= 0.3 is 6.09 Å². The van der Waals surface area contributed by atoms with Crippen LogP contribution in [0.4, 0.5) is 9.18 Å². The molecule has 3 rings (SSSR count). The SMILES string of the molecule is CC(C)(C)OC(=O)N1CCCC[C@H]1C(=O)N[C@H](C(=O)NCc1cccnc1)c1ccc(F)cc1. The molecule has 1 saturated heterocycles. The second kappa shape index (κ2) is 11.1. The number of likely N-dealkylation sites (tertiary alicyclic amines) is 1. The van der Waals surface area contributed by atoms with Crippen LogP contribution < -0.4 is 10.6 Å². The molecule has 2 N–H and O–H groups in total. The Hall–Kier alpha value is -3.49. The monoisotopic (exact) mass is 470 g/mol. The summed E-state index contributed by atoms with van der Waals surface area (Å²) in [7, 11) is 0. The molecule has 9 heteroatoms. The maximum absolute atomic E-state index is 13.5. The second-order valence-electron chi connectivity index (χ2n) is 9.26. The third-order valence-electron chi connectivity index (χ3n) is 5.38. The molecule has 0 bridgehead atoms. The van der Waals surface area contributed by atoms with E-state index in [0.29, 0.717) is 18.5 Å².